The van der Waals surface area contributed by atoms with E-state index < -0.39 is 0 Å². The third-order valence-corrected chi connectivity index (χ3v) is 6.58. The SMILES string of the molecule is CC(NC(=O)C1CC2CCCC(C1)C2N)c1ccc(Cl)s1. The molecular weight excluding hydrogens is 304 g/mol. The molecule has 21 heavy (non-hydrogen) atoms. The van der Waals surface area contributed by atoms with Crippen molar-refractivity contribution in [1.29, 1.82) is 0 Å². The molecule has 3 unspecified atom stereocenters. The van der Waals surface area contributed by atoms with Gasteiger partial charge in [-0.2, -0.15) is 0 Å². The van der Waals surface area contributed by atoms with Crippen LogP contribution in [0.15, 0.2) is 12.1 Å². The molecule has 116 valence electrons. The molecule has 0 spiro atoms. The fourth-order valence-corrected chi connectivity index (χ4v) is 5.03. The van der Waals surface area contributed by atoms with E-state index in [2.05, 4.69) is 5.32 Å². The fraction of sp³-hybridized carbons (Fsp3) is 0.688. The smallest absolute Gasteiger partial charge is 0.223 e. The highest BCUT2D eigenvalue weighted by Crippen LogP contribution is 2.42. The van der Waals surface area contributed by atoms with Gasteiger partial charge < -0.3 is 11.1 Å². The first kappa shape index (κ1) is 15.3. The van der Waals surface area contributed by atoms with Gasteiger partial charge in [0.2, 0.25) is 5.91 Å². The maximum atomic E-state index is 12.5. The molecule has 2 fully saturated rings. The third-order valence-electron chi connectivity index (χ3n) is 5.16. The largest absolute Gasteiger partial charge is 0.349 e. The summed E-state index contributed by atoms with van der Waals surface area (Å²) < 4.78 is 0.768. The second-order valence-corrected chi connectivity index (χ2v) is 8.32. The van der Waals surface area contributed by atoms with Gasteiger partial charge in [-0.25, -0.2) is 0 Å². The lowest BCUT2D eigenvalue weighted by molar-refractivity contribution is -0.128. The van der Waals surface area contributed by atoms with Crippen molar-refractivity contribution in [1.82, 2.24) is 5.32 Å². The van der Waals surface area contributed by atoms with Crippen LogP contribution in [0.1, 0.15) is 49.9 Å². The highest BCUT2D eigenvalue weighted by atomic mass is 35.5. The van der Waals surface area contributed by atoms with Crippen molar-refractivity contribution >= 4 is 28.8 Å². The first-order valence-electron chi connectivity index (χ1n) is 7.85. The van der Waals surface area contributed by atoms with Crippen molar-refractivity contribution in [2.75, 3.05) is 0 Å². The Hall–Kier alpha value is -0.580. The van der Waals surface area contributed by atoms with E-state index in [-0.39, 0.29) is 17.9 Å². The fourth-order valence-electron chi connectivity index (χ4n) is 3.97. The Labute approximate surface area is 135 Å². The molecule has 3 nitrogen and oxygen atoms in total. The van der Waals surface area contributed by atoms with Gasteiger partial charge in [0, 0.05) is 16.8 Å². The Bertz CT molecular complexity index is 504. The average molecular weight is 327 g/mol. The van der Waals surface area contributed by atoms with Crippen molar-refractivity contribution in [3.8, 4) is 0 Å². The number of hydrogen-bond acceptors (Lipinski definition) is 3. The maximum absolute atomic E-state index is 12.5. The van der Waals surface area contributed by atoms with Crippen LogP contribution in [0.4, 0.5) is 0 Å². The summed E-state index contributed by atoms with van der Waals surface area (Å²) in [6, 6.07) is 4.22. The topological polar surface area (TPSA) is 55.1 Å². The zero-order valence-corrected chi connectivity index (χ0v) is 13.9. The Kier molecular flexibility index (Phi) is 4.57. The van der Waals surface area contributed by atoms with Gasteiger partial charge in [0.1, 0.15) is 0 Å². The Morgan fingerprint density at radius 3 is 2.62 bits per heavy atom. The zero-order valence-electron chi connectivity index (χ0n) is 12.3. The van der Waals surface area contributed by atoms with Crippen LogP contribution in [0.2, 0.25) is 4.34 Å². The number of halogens is 1. The van der Waals surface area contributed by atoms with E-state index >= 15 is 0 Å². The lowest BCUT2D eigenvalue weighted by atomic mass is 9.65. The molecule has 0 radical (unpaired) electrons. The van der Waals surface area contributed by atoms with E-state index in [0.29, 0.717) is 17.9 Å². The average Bonchev–Trinajstić information content (AvgIpc) is 2.85. The molecule has 1 aromatic rings. The molecule has 2 saturated carbocycles. The highest BCUT2D eigenvalue weighted by molar-refractivity contribution is 7.16. The van der Waals surface area contributed by atoms with Crippen LogP contribution in [0.5, 0.6) is 0 Å². The van der Waals surface area contributed by atoms with E-state index in [9.17, 15) is 4.79 Å². The van der Waals surface area contributed by atoms with Gasteiger partial charge in [0.05, 0.1) is 10.4 Å². The van der Waals surface area contributed by atoms with Gasteiger partial charge in [-0.05, 0) is 56.6 Å². The van der Waals surface area contributed by atoms with Gasteiger partial charge in [-0.15, -0.1) is 11.3 Å². The standard InChI is InChI=1S/C16H23ClN2OS/c1-9(13-5-6-14(17)21-13)19-16(20)12-7-10-3-2-4-11(8-12)15(10)18/h5-6,9-12,15H,2-4,7-8,18H2,1H3,(H,19,20). The maximum Gasteiger partial charge on any atom is 0.223 e. The molecule has 1 aromatic heterocycles. The molecular formula is C16H23ClN2OS. The number of fused-ring (bicyclic) bond motifs is 2. The summed E-state index contributed by atoms with van der Waals surface area (Å²) >= 11 is 7.49. The van der Waals surface area contributed by atoms with Crippen LogP contribution in [0.25, 0.3) is 0 Å². The van der Waals surface area contributed by atoms with Crippen molar-refractivity contribution < 1.29 is 4.79 Å². The predicted octanol–water partition coefficient (Wildman–Crippen LogP) is 3.73. The molecule has 0 saturated heterocycles. The number of thiophene rings is 1. The van der Waals surface area contributed by atoms with Crippen LogP contribution in [-0.4, -0.2) is 11.9 Å². The summed E-state index contributed by atoms with van der Waals surface area (Å²) in [4.78, 5) is 13.7. The van der Waals surface area contributed by atoms with Crippen molar-refractivity contribution in [2.45, 2.75) is 51.1 Å². The summed E-state index contributed by atoms with van der Waals surface area (Å²) in [7, 11) is 0. The number of carbonyl (C=O) groups is 1. The molecule has 1 heterocycles. The Balaban J connectivity index is 1.61. The van der Waals surface area contributed by atoms with Crippen molar-refractivity contribution in [3.63, 3.8) is 0 Å². The molecule has 0 aromatic carbocycles. The molecule has 3 atom stereocenters. The Morgan fingerprint density at radius 2 is 2.05 bits per heavy atom. The van der Waals surface area contributed by atoms with Crippen LogP contribution in [0.3, 0.4) is 0 Å². The minimum Gasteiger partial charge on any atom is -0.349 e. The first-order valence-corrected chi connectivity index (χ1v) is 9.05. The Morgan fingerprint density at radius 1 is 1.38 bits per heavy atom. The molecule has 5 heteroatoms. The summed E-state index contributed by atoms with van der Waals surface area (Å²) in [5.74, 6) is 1.41. The lowest BCUT2D eigenvalue weighted by Crippen LogP contribution is -2.49. The zero-order chi connectivity index (χ0) is 15.0. The number of hydrogen-bond donors (Lipinski definition) is 2. The van der Waals surface area contributed by atoms with Gasteiger partial charge in [-0.3, -0.25) is 4.79 Å². The third kappa shape index (κ3) is 3.27. The molecule has 1 amide bonds. The lowest BCUT2D eigenvalue weighted by Gasteiger charge is -2.43. The van der Waals surface area contributed by atoms with Crippen LogP contribution in [-0.2, 0) is 4.79 Å². The van der Waals surface area contributed by atoms with Crippen LogP contribution >= 0.6 is 22.9 Å². The summed E-state index contributed by atoms with van der Waals surface area (Å²) in [6.45, 7) is 2.02. The van der Waals surface area contributed by atoms with E-state index in [4.69, 9.17) is 17.3 Å². The van der Waals surface area contributed by atoms with Gasteiger partial charge in [-0.1, -0.05) is 18.0 Å². The van der Waals surface area contributed by atoms with E-state index in [1.165, 1.54) is 30.6 Å². The van der Waals surface area contributed by atoms with E-state index in [1.807, 2.05) is 19.1 Å². The molecule has 2 aliphatic rings. The molecule has 3 N–H and O–H groups in total. The number of rotatable bonds is 3. The minimum absolute atomic E-state index is 0.0328. The van der Waals surface area contributed by atoms with E-state index in [0.717, 1.165) is 22.1 Å². The predicted molar refractivity (Wildman–Crippen MR) is 87.4 cm³/mol. The van der Waals surface area contributed by atoms with Gasteiger partial charge in [0.25, 0.3) is 0 Å². The van der Waals surface area contributed by atoms with E-state index in [1.54, 1.807) is 0 Å². The van der Waals surface area contributed by atoms with Crippen molar-refractivity contribution in [2.24, 2.45) is 23.5 Å². The van der Waals surface area contributed by atoms with Crippen LogP contribution < -0.4 is 11.1 Å². The number of nitrogens with one attached hydrogen (secondary N) is 1. The molecule has 3 rings (SSSR count). The molecule has 2 bridgehead atoms. The number of nitrogens with two attached hydrogens (primary N) is 1. The molecule has 0 aliphatic heterocycles. The molecule has 2 aliphatic carbocycles. The second kappa shape index (κ2) is 6.27. The summed E-state index contributed by atoms with van der Waals surface area (Å²) in [5.41, 5.74) is 6.30. The first-order chi connectivity index (χ1) is 10.0. The van der Waals surface area contributed by atoms with Gasteiger partial charge in [0.15, 0.2) is 0 Å². The summed E-state index contributed by atoms with van der Waals surface area (Å²) in [6.07, 6.45) is 5.58. The van der Waals surface area contributed by atoms with Crippen molar-refractivity contribution in [3.05, 3.63) is 21.3 Å². The van der Waals surface area contributed by atoms with Crippen LogP contribution in [0, 0.1) is 17.8 Å². The quantitative estimate of drug-likeness (QED) is 0.889. The number of carbonyl (C=O) groups excluding carboxylic acids is 1. The normalized spacial score (nSPS) is 33.5. The van der Waals surface area contributed by atoms with Gasteiger partial charge >= 0.3 is 0 Å². The monoisotopic (exact) mass is 326 g/mol. The number of amides is 1. The summed E-state index contributed by atoms with van der Waals surface area (Å²) in [5, 5.41) is 3.16. The second-order valence-electron chi connectivity index (χ2n) is 6.57. The minimum atomic E-state index is 0.0328. The highest BCUT2D eigenvalue weighted by Gasteiger charge is 2.40.